The summed E-state index contributed by atoms with van der Waals surface area (Å²) in [4.78, 5) is 25.3. The van der Waals surface area contributed by atoms with E-state index in [2.05, 4.69) is 10.6 Å². The van der Waals surface area contributed by atoms with Crippen LogP contribution >= 0.6 is 0 Å². The van der Waals surface area contributed by atoms with E-state index in [-0.39, 0.29) is 23.9 Å². The maximum Gasteiger partial charge on any atom is 0.244 e. The Bertz CT molecular complexity index is 280. The fraction of sp³-hybridized carbons (Fsp3) is 0.846. The Balaban J connectivity index is 4.19. The first-order valence-corrected chi connectivity index (χ1v) is 6.54. The average molecular weight is 257 g/mol. The zero-order valence-electron chi connectivity index (χ0n) is 12.5. The fourth-order valence-electron chi connectivity index (χ4n) is 1.51. The van der Waals surface area contributed by atoms with Gasteiger partial charge >= 0.3 is 0 Å². The van der Waals surface area contributed by atoms with Gasteiger partial charge in [-0.05, 0) is 41.5 Å². The van der Waals surface area contributed by atoms with E-state index in [4.69, 9.17) is 0 Å². The Morgan fingerprint density at radius 2 is 1.67 bits per heavy atom. The van der Waals surface area contributed by atoms with Gasteiger partial charge in [-0.2, -0.15) is 0 Å². The summed E-state index contributed by atoms with van der Waals surface area (Å²) in [6.45, 7) is 13.1. The lowest BCUT2D eigenvalue weighted by Gasteiger charge is -2.24. The summed E-state index contributed by atoms with van der Waals surface area (Å²) >= 11 is 0. The molecule has 0 fully saturated rings. The topological polar surface area (TPSA) is 61.4 Å². The van der Waals surface area contributed by atoms with Crippen molar-refractivity contribution in [2.24, 2.45) is 0 Å². The maximum atomic E-state index is 11.9. The Labute approximate surface area is 110 Å². The highest BCUT2D eigenvalue weighted by molar-refractivity contribution is 5.88. The molecule has 0 bridgehead atoms. The quantitative estimate of drug-likeness (QED) is 0.738. The normalized spacial score (nSPS) is 13.0. The number of rotatable bonds is 6. The molecule has 2 amide bonds. The Morgan fingerprint density at radius 1 is 1.17 bits per heavy atom. The highest BCUT2D eigenvalue weighted by Gasteiger charge is 2.20. The predicted octanol–water partition coefficient (Wildman–Crippen LogP) is 0.748. The molecule has 0 aromatic rings. The van der Waals surface area contributed by atoms with Gasteiger partial charge in [0.05, 0.1) is 6.54 Å². The van der Waals surface area contributed by atoms with Gasteiger partial charge in [0.2, 0.25) is 11.8 Å². The zero-order chi connectivity index (χ0) is 14.3. The molecule has 5 nitrogen and oxygen atoms in total. The molecule has 2 N–H and O–H groups in total. The molecule has 18 heavy (non-hydrogen) atoms. The summed E-state index contributed by atoms with van der Waals surface area (Å²) in [5.74, 6) is -0.193. The number of nitrogens with one attached hydrogen (secondary N) is 2. The van der Waals surface area contributed by atoms with Gasteiger partial charge in [-0.15, -0.1) is 0 Å². The van der Waals surface area contributed by atoms with Crippen LogP contribution in [0.3, 0.4) is 0 Å². The number of likely N-dealkylation sites (N-methyl/N-ethyl adjacent to an activating group) is 1. The van der Waals surface area contributed by atoms with Crippen LogP contribution in [0, 0.1) is 0 Å². The first kappa shape index (κ1) is 16.9. The van der Waals surface area contributed by atoms with Gasteiger partial charge in [0, 0.05) is 18.6 Å². The molecule has 0 radical (unpaired) electrons. The third kappa shape index (κ3) is 6.59. The van der Waals surface area contributed by atoms with E-state index in [1.807, 2.05) is 34.6 Å². The number of carbonyl (C=O) groups excluding carboxylic acids is 2. The molecular formula is C13H27N3O2. The van der Waals surface area contributed by atoms with Crippen LogP contribution in [0.15, 0.2) is 0 Å². The number of hydrogen-bond acceptors (Lipinski definition) is 3. The molecule has 0 aromatic heterocycles. The number of amides is 2. The Kier molecular flexibility index (Phi) is 6.91. The number of nitrogens with zero attached hydrogens (tertiary/aromatic N) is 1. The smallest absolute Gasteiger partial charge is 0.244 e. The van der Waals surface area contributed by atoms with Gasteiger partial charge in [-0.25, -0.2) is 0 Å². The summed E-state index contributed by atoms with van der Waals surface area (Å²) in [5, 5.41) is 5.79. The summed E-state index contributed by atoms with van der Waals surface area (Å²) < 4.78 is 0. The monoisotopic (exact) mass is 257 g/mol. The molecule has 0 rings (SSSR count). The number of hydrogen-bond donors (Lipinski definition) is 2. The molecule has 0 aliphatic carbocycles. The van der Waals surface area contributed by atoms with Crippen molar-refractivity contribution in [1.82, 2.24) is 15.5 Å². The van der Waals surface area contributed by atoms with E-state index >= 15 is 0 Å². The Hall–Kier alpha value is -1.10. The molecule has 106 valence electrons. The van der Waals surface area contributed by atoms with Crippen LogP contribution in [-0.2, 0) is 9.59 Å². The van der Waals surface area contributed by atoms with Crippen LogP contribution in [0.5, 0.6) is 0 Å². The van der Waals surface area contributed by atoms with Crippen molar-refractivity contribution in [3.8, 4) is 0 Å². The maximum absolute atomic E-state index is 11.9. The van der Waals surface area contributed by atoms with Crippen molar-refractivity contribution >= 4 is 11.8 Å². The van der Waals surface area contributed by atoms with E-state index in [0.29, 0.717) is 13.1 Å². The molecule has 1 atom stereocenters. The first-order chi connectivity index (χ1) is 8.21. The minimum Gasteiger partial charge on any atom is -0.343 e. The largest absolute Gasteiger partial charge is 0.343 e. The second-order valence-electron chi connectivity index (χ2n) is 5.40. The molecule has 0 spiro atoms. The second-order valence-corrected chi connectivity index (χ2v) is 5.40. The van der Waals surface area contributed by atoms with Gasteiger partial charge in [-0.1, -0.05) is 0 Å². The lowest BCUT2D eigenvalue weighted by atomic mass is 10.1. The molecule has 5 heteroatoms. The highest BCUT2D eigenvalue weighted by atomic mass is 16.2. The lowest BCUT2D eigenvalue weighted by molar-refractivity contribution is -0.135. The number of carbonyl (C=O) groups is 2. The predicted molar refractivity (Wildman–Crippen MR) is 73.3 cm³/mol. The van der Waals surface area contributed by atoms with Crippen molar-refractivity contribution < 1.29 is 9.59 Å². The standard InChI is InChI=1S/C13H27N3O2/c1-7-16(8-2)12(18)10(3)15-11(17)9-14-13(4,5)6/h10,14H,7-9H2,1-6H3,(H,15,17). The highest BCUT2D eigenvalue weighted by Crippen LogP contribution is 1.98. The third-order valence-corrected chi connectivity index (χ3v) is 2.60. The van der Waals surface area contributed by atoms with Gasteiger partial charge in [0.15, 0.2) is 0 Å². The van der Waals surface area contributed by atoms with Crippen LogP contribution in [0.25, 0.3) is 0 Å². The second kappa shape index (κ2) is 7.36. The average Bonchev–Trinajstić information content (AvgIpc) is 2.27. The lowest BCUT2D eigenvalue weighted by Crippen LogP contribution is -2.50. The van der Waals surface area contributed by atoms with Crippen LogP contribution in [0.1, 0.15) is 41.5 Å². The van der Waals surface area contributed by atoms with Crippen molar-refractivity contribution in [1.29, 1.82) is 0 Å². The van der Waals surface area contributed by atoms with E-state index in [1.165, 1.54) is 0 Å². The van der Waals surface area contributed by atoms with Crippen LogP contribution in [-0.4, -0.2) is 47.9 Å². The van der Waals surface area contributed by atoms with E-state index in [1.54, 1.807) is 11.8 Å². The van der Waals surface area contributed by atoms with Crippen LogP contribution in [0.2, 0.25) is 0 Å². The van der Waals surface area contributed by atoms with Crippen molar-refractivity contribution in [2.75, 3.05) is 19.6 Å². The molecule has 0 heterocycles. The summed E-state index contributed by atoms with van der Waals surface area (Å²) in [6.07, 6.45) is 0. The molecule has 1 unspecified atom stereocenters. The Morgan fingerprint density at radius 3 is 2.06 bits per heavy atom. The summed E-state index contributed by atoms with van der Waals surface area (Å²) in [6, 6.07) is -0.473. The summed E-state index contributed by atoms with van der Waals surface area (Å²) in [7, 11) is 0. The van der Waals surface area contributed by atoms with Crippen LogP contribution in [0.4, 0.5) is 0 Å². The van der Waals surface area contributed by atoms with Gasteiger partial charge in [0.1, 0.15) is 6.04 Å². The third-order valence-electron chi connectivity index (χ3n) is 2.60. The fourth-order valence-corrected chi connectivity index (χ4v) is 1.51. The first-order valence-electron chi connectivity index (χ1n) is 6.54. The van der Waals surface area contributed by atoms with Gasteiger partial charge in [-0.3, -0.25) is 9.59 Å². The summed E-state index contributed by atoms with van der Waals surface area (Å²) in [5.41, 5.74) is -0.108. The van der Waals surface area contributed by atoms with E-state index in [0.717, 1.165) is 0 Å². The van der Waals surface area contributed by atoms with E-state index in [9.17, 15) is 9.59 Å². The van der Waals surface area contributed by atoms with Crippen molar-refractivity contribution in [3.63, 3.8) is 0 Å². The minimum absolute atomic E-state index is 0.0379. The zero-order valence-corrected chi connectivity index (χ0v) is 12.5. The molecule has 0 aromatic carbocycles. The van der Waals surface area contributed by atoms with Crippen molar-refractivity contribution in [2.45, 2.75) is 53.1 Å². The molecule has 0 saturated heterocycles. The molecule has 0 aliphatic rings. The molecule has 0 aliphatic heterocycles. The van der Waals surface area contributed by atoms with Crippen molar-refractivity contribution in [3.05, 3.63) is 0 Å². The van der Waals surface area contributed by atoms with Gasteiger partial charge in [0.25, 0.3) is 0 Å². The van der Waals surface area contributed by atoms with Crippen LogP contribution < -0.4 is 10.6 Å². The SMILES string of the molecule is CCN(CC)C(=O)C(C)NC(=O)CNC(C)(C)C. The molecule has 0 saturated carbocycles. The van der Waals surface area contributed by atoms with Gasteiger partial charge < -0.3 is 15.5 Å². The molecular weight excluding hydrogens is 230 g/mol. The van der Waals surface area contributed by atoms with E-state index < -0.39 is 6.04 Å². The minimum atomic E-state index is -0.473.